The van der Waals surface area contributed by atoms with Gasteiger partial charge >= 0.3 is 0 Å². The van der Waals surface area contributed by atoms with Gasteiger partial charge in [0.05, 0.1) is 13.0 Å². The molecule has 3 N–H and O–H groups in total. The van der Waals surface area contributed by atoms with Gasteiger partial charge in [-0.25, -0.2) is 4.39 Å². The zero-order valence-electron chi connectivity index (χ0n) is 12.5. The van der Waals surface area contributed by atoms with Gasteiger partial charge in [0.1, 0.15) is 17.2 Å². The fourth-order valence-corrected chi connectivity index (χ4v) is 2.34. The van der Waals surface area contributed by atoms with E-state index in [-0.39, 0.29) is 24.6 Å². The molecule has 0 saturated heterocycles. The lowest BCUT2D eigenvalue weighted by molar-refractivity contribution is -0.121. The van der Waals surface area contributed by atoms with E-state index in [1.54, 1.807) is 6.07 Å². The molecule has 0 aliphatic rings. The third-order valence-electron chi connectivity index (χ3n) is 3.48. The average Bonchev–Trinajstić information content (AvgIpc) is 2.49. The Labute approximate surface area is 138 Å². The van der Waals surface area contributed by atoms with Crippen LogP contribution in [0.1, 0.15) is 18.1 Å². The zero-order chi connectivity index (χ0) is 17.0. The van der Waals surface area contributed by atoms with Crippen molar-refractivity contribution in [3.8, 4) is 5.75 Å². The van der Waals surface area contributed by atoms with Crippen LogP contribution in [0.2, 0.25) is 5.02 Å². The van der Waals surface area contributed by atoms with E-state index in [4.69, 9.17) is 11.6 Å². The maximum Gasteiger partial charge on any atom is 0.224 e. The summed E-state index contributed by atoms with van der Waals surface area (Å²) in [7, 11) is 0. The highest BCUT2D eigenvalue weighted by molar-refractivity contribution is 6.31. The van der Waals surface area contributed by atoms with Crippen LogP contribution < -0.4 is 5.32 Å². The standard InChI is InChI=1S/C17H17ClFNO3/c1-17(23,12-3-5-13(19)6-4-12)10-20-16(22)8-11-2-7-14(21)9-15(11)18/h2-7,9,21,23H,8,10H2,1H3,(H,20,22). The lowest BCUT2D eigenvalue weighted by atomic mass is 9.96. The maximum absolute atomic E-state index is 12.9. The van der Waals surface area contributed by atoms with Crippen molar-refractivity contribution >= 4 is 17.5 Å². The van der Waals surface area contributed by atoms with Gasteiger partial charge in [0.25, 0.3) is 0 Å². The Morgan fingerprint density at radius 3 is 2.52 bits per heavy atom. The van der Waals surface area contributed by atoms with Gasteiger partial charge in [-0.05, 0) is 42.3 Å². The predicted molar refractivity (Wildman–Crippen MR) is 85.8 cm³/mol. The molecule has 1 amide bonds. The van der Waals surface area contributed by atoms with Crippen LogP contribution in [0.4, 0.5) is 4.39 Å². The Bertz CT molecular complexity index is 701. The van der Waals surface area contributed by atoms with Crippen LogP contribution in [0.3, 0.4) is 0 Å². The molecule has 2 aromatic rings. The second-order valence-corrected chi connectivity index (χ2v) is 5.92. The van der Waals surface area contributed by atoms with Crippen molar-refractivity contribution in [3.05, 3.63) is 64.4 Å². The first-order valence-electron chi connectivity index (χ1n) is 7.00. The molecule has 0 radical (unpaired) electrons. The van der Waals surface area contributed by atoms with Crippen molar-refractivity contribution in [2.45, 2.75) is 18.9 Å². The summed E-state index contributed by atoms with van der Waals surface area (Å²) >= 11 is 5.95. The number of phenols is 1. The molecule has 0 aliphatic carbocycles. The van der Waals surface area contributed by atoms with Crippen LogP contribution in [0.15, 0.2) is 42.5 Å². The second kappa shape index (κ2) is 6.98. The number of hydrogen-bond acceptors (Lipinski definition) is 3. The molecule has 1 atom stereocenters. The van der Waals surface area contributed by atoms with Gasteiger partial charge in [-0.3, -0.25) is 4.79 Å². The minimum absolute atomic E-state index is 0.0207. The molecule has 0 saturated carbocycles. The number of phenolic OH excluding ortho intramolecular Hbond substituents is 1. The van der Waals surface area contributed by atoms with Crippen molar-refractivity contribution in [1.82, 2.24) is 5.32 Å². The summed E-state index contributed by atoms with van der Waals surface area (Å²) in [5.74, 6) is -0.686. The molecule has 122 valence electrons. The number of hydrogen-bond donors (Lipinski definition) is 3. The molecule has 0 aromatic heterocycles. The molecular weight excluding hydrogens is 321 g/mol. The monoisotopic (exact) mass is 337 g/mol. The quantitative estimate of drug-likeness (QED) is 0.785. The van der Waals surface area contributed by atoms with E-state index in [1.165, 1.54) is 43.3 Å². The summed E-state index contributed by atoms with van der Waals surface area (Å²) in [5, 5.41) is 22.6. The first kappa shape index (κ1) is 17.2. The third kappa shape index (κ3) is 4.68. The van der Waals surface area contributed by atoms with Crippen molar-refractivity contribution in [2.24, 2.45) is 0 Å². The number of halogens is 2. The topological polar surface area (TPSA) is 69.6 Å². The first-order valence-corrected chi connectivity index (χ1v) is 7.38. The highest BCUT2D eigenvalue weighted by Crippen LogP contribution is 2.22. The third-order valence-corrected chi connectivity index (χ3v) is 3.84. The predicted octanol–water partition coefficient (Wildman–Crippen LogP) is 2.75. The molecular formula is C17H17ClFNO3. The van der Waals surface area contributed by atoms with Crippen LogP contribution >= 0.6 is 11.6 Å². The van der Waals surface area contributed by atoms with Crippen molar-refractivity contribution in [2.75, 3.05) is 6.54 Å². The second-order valence-electron chi connectivity index (χ2n) is 5.51. The highest BCUT2D eigenvalue weighted by atomic mass is 35.5. The Morgan fingerprint density at radius 2 is 1.91 bits per heavy atom. The van der Waals surface area contributed by atoms with Gasteiger partial charge in [0, 0.05) is 5.02 Å². The minimum atomic E-state index is -1.32. The number of rotatable bonds is 5. The van der Waals surface area contributed by atoms with Crippen molar-refractivity contribution < 1.29 is 19.4 Å². The summed E-state index contributed by atoms with van der Waals surface area (Å²) in [6.07, 6.45) is 0.0264. The largest absolute Gasteiger partial charge is 0.508 e. The molecule has 0 aliphatic heterocycles. The van der Waals surface area contributed by atoms with E-state index in [2.05, 4.69) is 5.32 Å². The number of amides is 1. The van der Waals surface area contributed by atoms with Crippen LogP contribution in [0.25, 0.3) is 0 Å². The van der Waals surface area contributed by atoms with Gasteiger partial charge in [-0.2, -0.15) is 0 Å². The molecule has 2 rings (SSSR count). The van der Waals surface area contributed by atoms with E-state index in [9.17, 15) is 19.4 Å². The molecule has 2 aromatic carbocycles. The van der Waals surface area contributed by atoms with E-state index in [0.29, 0.717) is 16.1 Å². The average molecular weight is 338 g/mol. The van der Waals surface area contributed by atoms with Gasteiger partial charge in [-0.15, -0.1) is 0 Å². The Kier molecular flexibility index (Phi) is 5.23. The normalized spacial score (nSPS) is 13.4. The SMILES string of the molecule is CC(O)(CNC(=O)Cc1ccc(O)cc1Cl)c1ccc(F)cc1. The summed E-state index contributed by atoms with van der Waals surface area (Å²) in [5.41, 5.74) is -0.243. The highest BCUT2D eigenvalue weighted by Gasteiger charge is 2.24. The fraction of sp³-hybridized carbons (Fsp3) is 0.235. The van der Waals surface area contributed by atoms with Gasteiger partial charge in [0.2, 0.25) is 5.91 Å². The maximum atomic E-state index is 12.9. The molecule has 0 heterocycles. The van der Waals surface area contributed by atoms with E-state index in [0.717, 1.165) is 0 Å². The molecule has 0 fully saturated rings. The molecule has 1 unspecified atom stereocenters. The number of carbonyl (C=O) groups is 1. The lowest BCUT2D eigenvalue weighted by Crippen LogP contribution is -2.39. The molecule has 6 heteroatoms. The summed E-state index contributed by atoms with van der Waals surface area (Å²) < 4.78 is 12.9. The minimum Gasteiger partial charge on any atom is -0.508 e. The van der Waals surface area contributed by atoms with Crippen molar-refractivity contribution in [1.29, 1.82) is 0 Å². The smallest absolute Gasteiger partial charge is 0.224 e. The number of nitrogens with one attached hydrogen (secondary N) is 1. The molecule has 4 nitrogen and oxygen atoms in total. The summed E-state index contributed by atoms with van der Waals surface area (Å²) in [6.45, 7) is 1.52. The number of aromatic hydroxyl groups is 1. The van der Waals surface area contributed by atoms with Gasteiger partial charge < -0.3 is 15.5 Å². The van der Waals surface area contributed by atoms with Crippen LogP contribution in [0, 0.1) is 5.82 Å². The number of benzene rings is 2. The Hall–Kier alpha value is -2.11. The van der Waals surface area contributed by atoms with Crippen molar-refractivity contribution in [3.63, 3.8) is 0 Å². The van der Waals surface area contributed by atoms with E-state index >= 15 is 0 Å². The fourth-order valence-electron chi connectivity index (χ4n) is 2.10. The van der Waals surface area contributed by atoms with E-state index < -0.39 is 11.4 Å². The molecule has 0 bridgehead atoms. The van der Waals surface area contributed by atoms with Gasteiger partial charge in [-0.1, -0.05) is 29.8 Å². The van der Waals surface area contributed by atoms with Crippen LogP contribution in [-0.2, 0) is 16.8 Å². The number of aliphatic hydroxyl groups is 1. The van der Waals surface area contributed by atoms with E-state index in [1.807, 2.05) is 0 Å². The summed E-state index contributed by atoms with van der Waals surface area (Å²) in [6, 6.07) is 9.82. The first-order chi connectivity index (χ1) is 10.8. The molecule has 23 heavy (non-hydrogen) atoms. The van der Waals surface area contributed by atoms with Crippen LogP contribution in [-0.4, -0.2) is 22.7 Å². The summed E-state index contributed by atoms with van der Waals surface area (Å²) in [4.78, 5) is 12.0. The Balaban J connectivity index is 1.96. The van der Waals surface area contributed by atoms with Crippen LogP contribution in [0.5, 0.6) is 5.75 Å². The zero-order valence-corrected chi connectivity index (χ0v) is 13.3. The number of carbonyl (C=O) groups excluding carboxylic acids is 1. The lowest BCUT2D eigenvalue weighted by Gasteiger charge is -2.24. The van der Waals surface area contributed by atoms with Gasteiger partial charge in [0.15, 0.2) is 0 Å². The Morgan fingerprint density at radius 1 is 1.26 bits per heavy atom. The molecule has 0 spiro atoms.